The Kier molecular flexibility index (Phi) is 6.02. The third kappa shape index (κ3) is 3.77. The van der Waals surface area contributed by atoms with Crippen LogP contribution in [0, 0.1) is 6.92 Å². The standard InChI is InChI=1S/C26H26N4O4.ClH/c1-15-10-21-20(28-25(31)22-12-27-24(30(21)22)16-6-8-34-9-7-16)11-18(15)26(32)29-13-17-4-3-5-23(33-2)19(17)14-29;/h3-5,10-12,16H,6-9,13-14H2,1-2H3,(H,28,31);1H. The first kappa shape index (κ1) is 23.4. The molecule has 4 heterocycles. The molecule has 8 nitrogen and oxygen atoms in total. The number of ether oxygens (including phenoxy) is 2. The van der Waals surface area contributed by atoms with E-state index >= 15 is 0 Å². The van der Waals surface area contributed by atoms with Crippen LogP contribution >= 0.6 is 12.4 Å². The number of amides is 1. The third-order valence-electron chi connectivity index (χ3n) is 7.12. The van der Waals surface area contributed by atoms with E-state index in [1.54, 1.807) is 13.3 Å². The van der Waals surface area contributed by atoms with Crippen LogP contribution in [0.15, 0.2) is 41.3 Å². The molecule has 0 unspecified atom stereocenters. The average Bonchev–Trinajstić information content (AvgIpc) is 3.50. The molecule has 0 aliphatic carbocycles. The molecule has 2 aliphatic rings. The highest BCUT2D eigenvalue weighted by Gasteiger charge is 2.28. The van der Waals surface area contributed by atoms with Crippen molar-refractivity contribution in [1.29, 1.82) is 0 Å². The number of rotatable bonds is 3. The van der Waals surface area contributed by atoms with Crippen molar-refractivity contribution in [3.63, 3.8) is 0 Å². The quantitative estimate of drug-likeness (QED) is 0.465. The molecule has 9 heteroatoms. The summed E-state index contributed by atoms with van der Waals surface area (Å²) in [5.74, 6) is 1.86. The summed E-state index contributed by atoms with van der Waals surface area (Å²) in [6, 6.07) is 9.69. The number of carbonyl (C=O) groups excluding carboxylic acids is 1. The Bertz CT molecular complexity index is 1500. The van der Waals surface area contributed by atoms with Crippen LogP contribution in [0.4, 0.5) is 0 Å². The van der Waals surface area contributed by atoms with Gasteiger partial charge in [0.15, 0.2) is 0 Å². The summed E-state index contributed by atoms with van der Waals surface area (Å²) in [6.45, 7) is 4.37. The molecule has 1 amide bonds. The van der Waals surface area contributed by atoms with Gasteiger partial charge in [-0.3, -0.25) is 14.0 Å². The average molecular weight is 495 g/mol. The number of benzene rings is 2. The van der Waals surface area contributed by atoms with Gasteiger partial charge < -0.3 is 19.4 Å². The summed E-state index contributed by atoms with van der Waals surface area (Å²) in [4.78, 5) is 35.8. The first-order chi connectivity index (χ1) is 16.5. The fourth-order valence-electron chi connectivity index (χ4n) is 5.31. The maximum absolute atomic E-state index is 13.6. The first-order valence-corrected chi connectivity index (χ1v) is 11.6. The zero-order valence-corrected chi connectivity index (χ0v) is 20.5. The van der Waals surface area contributed by atoms with Crippen LogP contribution in [0.2, 0.25) is 0 Å². The summed E-state index contributed by atoms with van der Waals surface area (Å²) < 4.78 is 13.0. The number of fused-ring (bicyclic) bond motifs is 4. The van der Waals surface area contributed by atoms with E-state index in [9.17, 15) is 9.59 Å². The number of methoxy groups -OCH3 is 1. The van der Waals surface area contributed by atoms with Crippen molar-refractivity contribution in [2.75, 3.05) is 20.3 Å². The Morgan fingerprint density at radius 2 is 1.97 bits per heavy atom. The molecular formula is C26H27ClN4O4. The molecule has 2 aliphatic heterocycles. The topological polar surface area (TPSA) is 88.9 Å². The molecule has 2 aromatic carbocycles. The molecule has 182 valence electrons. The maximum Gasteiger partial charge on any atom is 0.274 e. The number of H-pyrrole nitrogens is 1. The number of aromatic amines is 1. The molecule has 35 heavy (non-hydrogen) atoms. The van der Waals surface area contributed by atoms with Gasteiger partial charge >= 0.3 is 0 Å². The van der Waals surface area contributed by atoms with Crippen molar-refractivity contribution in [2.24, 2.45) is 0 Å². The fraction of sp³-hybridized carbons (Fsp3) is 0.346. The zero-order valence-electron chi connectivity index (χ0n) is 19.7. The van der Waals surface area contributed by atoms with Gasteiger partial charge in [0, 0.05) is 36.8 Å². The SMILES string of the molecule is COc1cccc2c1CN(C(=O)c1cc3[nH]c(=O)c4cnc(C5CCOCC5)n4c3cc1C)C2.Cl. The van der Waals surface area contributed by atoms with Gasteiger partial charge in [-0.2, -0.15) is 0 Å². The van der Waals surface area contributed by atoms with Gasteiger partial charge in [0.05, 0.1) is 30.9 Å². The van der Waals surface area contributed by atoms with Crippen LogP contribution in [0.25, 0.3) is 16.6 Å². The van der Waals surface area contributed by atoms with E-state index in [0.29, 0.717) is 42.9 Å². The summed E-state index contributed by atoms with van der Waals surface area (Å²) >= 11 is 0. The van der Waals surface area contributed by atoms with Gasteiger partial charge in [0.2, 0.25) is 0 Å². The van der Waals surface area contributed by atoms with Crippen LogP contribution in [-0.2, 0) is 17.8 Å². The second-order valence-corrected chi connectivity index (χ2v) is 9.12. The number of carbonyl (C=O) groups is 1. The minimum atomic E-state index is -0.209. The minimum absolute atomic E-state index is 0. The largest absolute Gasteiger partial charge is 0.496 e. The lowest BCUT2D eigenvalue weighted by molar-refractivity contribution is 0.0750. The molecule has 1 saturated heterocycles. The number of imidazole rings is 1. The normalized spacial score (nSPS) is 15.9. The van der Waals surface area contributed by atoms with Crippen molar-refractivity contribution in [2.45, 2.75) is 38.8 Å². The van der Waals surface area contributed by atoms with Gasteiger partial charge in [0.25, 0.3) is 11.5 Å². The lowest BCUT2D eigenvalue weighted by Crippen LogP contribution is -2.26. The summed E-state index contributed by atoms with van der Waals surface area (Å²) in [5.41, 5.74) is 5.39. The van der Waals surface area contributed by atoms with Crippen molar-refractivity contribution >= 4 is 34.9 Å². The Morgan fingerprint density at radius 1 is 1.17 bits per heavy atom. The molecule has 0 radical (unpaired) electrons. The lowest BCUT2D eigenvalue weighted by Gasteiger charge is -2.22. The predicted octanol–water partition coefficient (Wildman–Crippen LogP) is 3.96. The lowest BCUT2D eigenvalue weighted by atomic mass is 9.99. The smallest absolute Gasteiger partial charge is 0.274 e. The van der Waals surface area contributed by atoms with Crippen LogP contribution in [-0.4, -0.2) is 45.5 Å². The van der Waals surface area contributed by atoms with E-state index in [0.717, 1.165) is 46.6 Å². The second kappa shape index (κ2) is 9.02. The Hall–Kier alpha value is -3.36. The first-order valence-electron chi connectivity index (χ1n) is 11.6. The molecule has 1 N–H and O–H groups in total. The number of hydrogen-bond donors (Lipinski definition) is 1. The van der Waals surface area contributed by atoms with E-state index in [1.807, 2.05) is 46.6 Å². The number of aryl methyl sites for hydroxylation is 1. The summed E-state index contributed by atoms with van der Waals surface area (Å²) in [5, 5.41) is 0. The van der Waals surface area contributed by atoms with E-state index in [1.165, 1.54) is 0 Å². The summed E-state index contributed by atoms with van der Waals surface area (Å²) in [6.07, 6.45) is 3.40. The molecule has 1 fully saturated rings. The van der Waals surface area contributed by atoms with Gasteiger partial charge in [0.1, 0.15) is 17.1 Å². The van der Waals surface area contributed by atoms with Gasteiger partial charge in [-0.15, -0.1) is 12.4 Å². The summed E-state index contributed by atoms with van der Waals surface area (Å²) in [7, 11) is 1.65. The number of nitrogens with zero attached hydrogens (tertiary/aromatic N) is 3. The van der Waals surface area contributed by atoms with Crippen molar-refractivity contribution in [3.05, 3.63) is 75.0 Å². The van der Waals surface area contributed by atoms with Crippen molar-refractivity contribution in [1.82, 2.24) is 19.3 Å². The molecule has 2 aromatic heterocycles. The molecule has 6 rings (SSSR count). The van der Waals surface area contributed by atoms with Gasteiger partial charge in [-0.25, -0.2) is 4.98 Å². The van der Waals surface area contributed by atoms with Gasteiger partial charge in [-0.05, 0) is 49.1 Å². The molecule has 0 saturated carbocycles. The second-order valence-electron chi connectivity index (χ2n) is 9.12. The Morgan fingerprint density at radius 3 is 2.74 bits per heavy atom. The van der Waals surface area contributed by atoms with Crippen molar-refractivity contribution in [3.8, 4) is 5.75 Å². The highest BCUT2D eigenvalue weighted by atomic mass is 35.5. The van der Waals surface area contributed by atoms with E-state index < -0.39 is 0 Å². The van der Waals surface area contributed by atoms with Crippen LogP contribution in [0.3, 0.4) is 0 Å². The predicted molar refractivity (Wildman–Crippen MR) is 135 cm³/mol. The molecular weight excluding hydrogens is 468 g/mol. The number of nitrogens with one attached hydrogen (secondary N) is 1. The maximum atomic E-state index is 13.6. The van der Waals surface area contributed by atoms with Crippen LogP contribution < -0.4 is 10.3 Å². The Balaban J connectivity index is 0.00000253. The Labute approximate surface area is 208 Å². The number of halogens is 1. The van der Waals surface area contributed by atoms with E-state index in [2.05, 4.69) is 9.97 Å². The highest BCUT2D eigenvalue weighted by molar-refractivity contribution is 5.99. The molecule has 0 atom stereocenters. The monoisotopic (exact) mass is 494 g/mol. The minimum Gasteiger partial charge on any atom is -0.496 e. The number of hydrogen-bond acceptors (Lipinski definition) is 5. The van der Waals surface area contributed by atoms with E-state index in [-0.39, 0.29) is 29.8 Å². The molecule has 0 spiro atoms. The zero-order chi connectivity index (χ0) is 23.4. The van der Waals surface area contributed by atoms with Gasteiger partial charge in [-0.1, -0.05) is 12.1 Å². The van der Waals surface area contributed by atoms with Crippen LogP contribution in [0.5, 0.6) is 5.75 Å². The fourth-order valence-corrected chi connectivity index (χ4v) is 5.31. The van der Waals surface area contributed by atoms with Crippen molar-refractivity contribution < 1.29 is 14.3 Å². The van der Waals surface area contributed by atoms with Crippen LogP contribution in [0.1, 0.15) is 51.6 Å². The van der Waals surface area contributed by atoms with E-state index in [4.69, 9.17) is 9.47 Å². The number of aromatic nitrogens is 3. The third-order valence-corrected chi connectivity index (χ3v) is 7.12. The molecule has 0 bridgehead atoms. The highest BCUT2D eigenvalue weighted by Crippen LogP contribution is 2.33. The molecule has 4 aromatic rings.